The van der Waals surface area contributed by atoms with Gasteiger partial charge in [-0.2, -0.15) is 0 Å². The summed E-state index contributed by atoms with van der Waals surface area (Å²) in [6.07, 6.45) is 3.65. The van der Waals surface area contributed by atoms with E-state index >= 15 is 0 Å². The summed E-state index contributed by atoms with van der Waals surface area (Å²) in [6, 6.07) is 0. The van der Waals surface area contributed by atoms with Crippen LogP contribution in [0.25, 0.3) is 0 Å². The molecule has 1 nitrogen and oxygen atoms in total. The molecule has 11 heavy (non-hydrogen) atoms. The van der Waals surface area contributed by atoms with E-state index in [0.717, 1.165) is 11.1 Å². The van der Waals surface area contributed by atoms with Crippen LogP contribution in [0.4, 0.5) is 0 Å². The Morgan fingerprint density at radius 1 is 1.55 bits per heavy atom. The predicted molar refractivity (Wildman–Crippen MR) is 49.4 cm³/mol. The van der Waals surface area contributed by atoms with Crippen LogP contribution in [0.15, 0.2) is 36.5 Å². The van der Waals surface area contributed by atoms with Crippen LogP contribution in [0.1, 0.15) is 20.3 Å². The molecule has 0 amide bonds. The first-order valence-electron chi connectivity index (χ1n) is 3.69. The Labute approximate surface area is 68.7 Å². The fourth-order valence-corrected chi connectivity index (χ4v) is 0.796. The molecule has 0 rings (SSSR count). The molecule has 0 saturated carbocycles. The summed E-state index contributed by atoms with van der Waals surface area (Å²) in [6.45, 7) is 11.2. The zero-order valence-corrected chi connectivity index (χ0v) is 7.30. The highest BCUT2D eigenvalue weighted by atomic mass is 16.3. The van der Waals surface area contributed by atoms with Gasteiger partial charge in [-0.1, -0.05) is 36.5 Å². The molecule has 1 N–H and O–H groups in total. The molecule has 1 unspecified atom stereocenters. The molecule has 0 saturated heterocycles. The minimum absolute atomic E-state index is 0.412. The van der Waals surface area contributed by atoms with Crippen LogP contribution in [-0.2, 0) is 0 Å². The quantitative estimate of drug-likeness (QED) is 0.484. The standard InChI is InChI=1S/C10H16O/c1-5-9(4)7-10(11)6-8(2)3/h5-6,10-11H,1,4,7H2,2-3H3. The third-order valence-electron chi connectivity index (χ3n) is 1.29. The summed E-state index contributed by atoms with van der Waals surface area (Å²) in [7, 11) is 0. The smallest absolute Gasteiger partial charge is 0.0763 e. The molecule has 0 bridgehead atoms. The van der Waals surface area contributed by atoms with Crippen LogP contribution in [0.3, 0.4) is 0 Å². The maximum atomic E-state index is 9.34. The minimum Gasteiger partial charge on any atom is -0.389 e. The van der Waals surface area contributed by atoms with E-state index in [0.29, 0.717) is 6.42 Å². The minimum atomic E-state index is -0.412. The monoisotopic (exact) mass is 152 g/mol. The Morgan fingerprint density at radius 3 is 2.45 bits per heavy atom. The average Bonchev–Trinajstić information content (AvgIpc) is 1.85. The molecule has 0 aliphatic rings. The maximum Gasteiger partial charge on any atom is 0.0763 e. The van der Waals surface area contributed by atoms with Crippen LogP contribution < -0.4 is 0 Å². The van der Waals surface area contributed by atoms with E-state index in [1.807, 2.05) is 19.9 Å². The Bertz CT molecular complexity index is 173. The lowest BCUT2D eigenvalue weighted by Crippen LogP contribution is -2.02. The SMILES string of the molecule is C=CC(=C)CC(O)C=C(C)C. The van der Waals surface area contributed by atoms with Crippen molar-refractivity contribution in [2.75, 3.05) is 0 Å². The molecule has 0 aliphatic heterocycles. The highest BCUT2D eigenvalue weighted by Gasteiger charge is 1.99. The third kappa shape index (κ3) is 5.62. The summed E-state index contributed by atoms with van der Waals surface area (Å²) in [4.78, 5) is 0. The normalized spacial score (nSPS) is 11.9. The lowest BCUT2D eigenvalue weighted by Gasteiger charge is -2.05. The average molecular weight is 152 g/mol. The van der Waals surface area contributed by atoms with E-state index in [1.165, 1.54) is 0 Å². The maximum absolute atomic E-state index is 9.34. The molecular weight excluding hydrogens is 136 g/mol. The molecule has 0 aromatic heterocycles. The van der Waals surface area contributed by atoms with Crippen LogP contribution in [0, 0.1) is 0 Å². The van der Waals surface area contributed by atoms with Crippen molar-refractivity contribution in [2.24, 2.45) is 0 Å². The first kappa shape index (κ1) is 10.2. The van der Waals surface area contributed by atoms with Crippen LogP contribution >= 0.6 is 0 Å². The summed E-state index contributed by atoms with van der Waals surface area (Å²) >= 11 is 0. The van der Waals surface area contributed by atoms with E-state index in [9.17, 15) is 5.11 Å². The van der Waals surface area contributed by atoms with Gasteiger partial charge in [0.2, 0.25) is 0 Å². The van der Waals surface area contributed by atoms with Crippen molar-refractivity contribution >= 4 is 0 Å². The fraction of sp³-hybridized carbons (Fsp3) is 0.400. The van der Waals surface area contributed by atoms with Gasteiger partial charge in [-0.05, 0) is 13.8 Å². The number of aliphatic hydroxyl groups is 1. The number of aliphatic hydroxyl groups excluding tert-OH is 1. The summed E-state index contributed by atoms with van der Waals surface area (Å²) < 4.78 is 0. The predicted octanol–water partition coefficient (Wildman–Crippen LogP) is 2.45. The first-order chi connectivity index (χ1) is 5.06. The van der Waals surface area contributed by atoms with Gasteiger partial charge in [0.1, 0.15) is 0 Å². The van der Waals surface area contributed by atoms with E-state index < -0.39 is 6.10 Å². The summed E-state index contributed by atoms with van der Waals surface area (Å²) in [5, 5.41) is 9.34. The second-order valence-electron chi connectivity index (χ2n) is 2.88. The molecule has 62 valence electrons. The third-order valence-corrected chi connectivity index (χ3v) is 1.29. The molecule has 0 radical (unpaired) electrons. The van der Waals surface area contributed by atoms with E-state index in [-0.39, 0.29) is 0 Å². The topological polar surface area (TPSA) is 20.2 Å². The lowest BCUT2D eigenvalue weighted by atomic mass is 10.1. The van der Waals surface area contributed by atoms with Crippen LogP contribution in [-0.4, -0.2) is 11.2 Å². The van der Waals surface area contributed by atoms with Gasteiger partial charge in [0.05, 0.1) is 6.10 Å². The fourth-order valence-electron chi connectivity index (χ4n) is 0.796. The Balaban J connectivity index is 3.87. The molecule has 0 aromatic rings. The van der Waals surface area contributed by atoms with Crippen molar-refractivity contribution in [3.63, 3.8) is 0 Å². The van der Waals surface area contributed by atoms with E-state index in [2.05, 4.69) is 13.2 Å². The summed E-state index contributed by atoms with van der Waals surface area (Å²) in [5.41, 5.74) is 1.99. The summed E-state index contributed by atoms with van der Waals surface area (Å²) in [5.74, 6) is 0. The Kier molecular flexibility index (Phi) is 4.55. The van der Waals surface area contributed by atoms with E-state index in [1.54, 1.807) is 6.08 Å². The number of hydrogen-bond acceptors (Lipinski definition) is 1. The van der Waals surface area contributed by atoms with Crippen LogP contribution in [0.5, 0.6) is 0 Å². The number of hydrogen-bond donors (Lipinski definition) is 1. The molecule has 1 heteroatoms. The highest BCUT2D eigenvalue weighted by molar-refractivity contribution is 5.14. The van der Waals surface area contributed by atoms with Gasteiger partial charge in [0.15, 0.2) is 0 Å². The van der Waals surface area contributed by atoms with Gasteiger partial charge in [0.25, 0.3) is 0 Å². The van der Waals surface area contributed by atoms with Crippen molar-refractivity contribution in [3.8, 4) is 0 Å². The highest BCUT2D eigenvalue weighted by Crippen LogP contribution is 2.06. The second kappa shape index (κ2) is 4.91. The van der Waals surface area contributed by atoms with Crippen LogP contribution in [0.2, 0.25) is 0 Å². The van der Waals surface area contributed by atoms with Crippen molar-refractivity contribution in [1.82, 2.24) is 0 Å². The zero-order valence-electron chi connectivity index (χ0n) is 7.30. The van der Waals surface area contributed by atoms with Gasteiger partial charge >= 0.3 is 0 Å². The molecule has 1 atom stereocenters. The molecule has 0 spiro atoms. The van der Waals surface area contributed by atoms with Gasteiger partial charge in [-0.25, -0.2) is 0 Å². The number of rotatable bonds is 4. The van der Waals surface area contributed by atoms with Crippen molar-refractivity contribution in [1.29, 1.82) is 0 Å². The Morgan fingerprint density at radius 2 is 2.09 bits per heavy atom. The zero-order chi connectivity index (χ0) is 8.85. The molecule has 0 aliphatic carbocycles. The van der Waals surface area contributed by atoms with Gasteiger partial charge in [-0.15, -0.1) is 0 Å². The number of allylic oxidation sites excluding steroid dienone is 2. The van der Waals surface area contributed by atoms with Crippen molar-refractivity contribution in [2.45, 2.75) is 26.4 Å². The van der Waals surface area contributed by atoms with Gasteiger partial charge < -0.3 is 5.11 Å². The van der Waals surface area contributed by atoms with Gasteiger partial charge in [0, 0.05) is 6.42 Å². The van der Waals surface area contributed by atoms with E-state index in [4.69, 9.17) is 0 Å². The Hall–Kier alpha value is -0.820. The van der Waals surface area contributed by atoms with Gasteiger partial charge in [-0.3, -0.25) is 0 Å². The largest absolute Gasteiger partial charge is 0.389 e. The molecule has 0 fully saturated rings. The lowest BCUT2D eigenvalue weighted by molar-refractivity contribution is 0.224. The van der Waals surface area contributed by atoms with Crippen molar-refractivity contribution < 1.29 is 5.11 Å². The molecule has 0 aromatic carbocycles. The second-order valence-corrected chi connectivity index (χ2v) is 2.88. The molecule has 0 heterocycles. The first-order valence-corrected chi connectivity index (χ1v) is 3.69. The molecular formula is C10H16O. The van der Waals surface area contributed by atoms with Crippen molar-refractivity contribution in [3.05, 3.63) is 36.5 Å².